The van der Waals surface area contributed by atoms with E-state index in [0.29, 0.717) is 5.56 Å². The van der Waals surface area contributed by atoms with Crippen LogP contribution in [0.2, 0.25) is 0 Å². The molecule has 0 aliphatic heterocycles. The van der Waals surface area contributed by atoms with Gasteiger partial charge < -0.3 is 15.5 Å². The molecular formula is C13H20N2O4. The molecule has 0 bridgehead atoms. The van der Waals surface area contributed by atoms with Crippen LogP contribution in [0.25, 0.3) is 0 Å². The van der Waals surface area contributed by atoms with Crippen LogP contribution in [-0.4, -0.2) is 27.3 Å². The number of non-ortho nitro benzene ring substituents is 1. The number of aliphatic hydroxyl groups is 1. The van der Waals surface area contributed by atoms with Crippen molar-refractivity contribution in [1.29, 1.82) is 0 Å². The number of phenolic OH excluding ortho intramolecular Hbond substituents is 1. The van der Waals surface area contributed by atoms with Gasteiger partial charge in [0.1, 0.15) is 5.75 Å². The summed E-state index contributed by atoms with van der Waals surface area (Å²) in [5.74, 6) is 0.00916. The Morgan fingerprint density at radius 1 is 1.47 bits per heavy atom. The van der Waals surface area contributed by atoms with E-state index in [2.05, 4.69) is 5.32 Å². The Bertz CT molecular complexity index is 450. The molecule has 0 aromatic heterocycles. The van der Waals surface area contributed by atoms with Crippen molar-refractivity contribution in [3.63, 3.8) is 0 Å². The second-order valence-electron chi connectivity index (χ2n) is 4.89. The SMILES string of the molecule is CCCC(C)(CO)NCc1cc([N+](=O)[O-])ccc1O. The lowest BCUT2D eigenvalue weighted by Crippen LogP contribution is -2.45. The normalized spacial score (nSPS) is 14.1. The Balaban J connectivity index is 2.81. The molecule has 1 unspecified atom stereocenters. The smallest absolute Gasteiger partial charge is 0.270 e. The second-order valence-corrected chi connectivity index (χ2v) is 4.89. The summed E-state index contributed by atoms with van der Waals surface area (Å²) in [6.07, 6.45) is 1.68. The van der Waals surface area contributed by atoms with E-state index in [1.165, 1.54) is 18.2 Å². The summed E-state index contributed by atoms with van der Waals surface area (Å²) in [6, 6.07) is 3.91. The minimum Gasteiger partial charge on any atom is -0.508 e. The monoisotopic (exact) mass is 268 g/mol. The minimum atomic E-state index is -0.500. The third kappa shape index (κ3) is 4.18. The number of nitro benzene ring substituents is 1. The molecule has 0 saturated heterocycles. The van der Waals surface area contributed by atoms with Crippen LogP contribution in [0.4, 0.5) is 5.69 Å². The van der Waals surface area contributed by atoms with Crippen LogP contribution in [0, 0.1) is 10.1 Å². The van der Waals surface area contributed by atoms with E-state index in [-0.39, 0.29) is 24.6 Å². The van der Waals surface area contributed by atoms with E-state index in [4.69, 9.17) is 0 Å². The van der Waals surface area contributed by atoms with Crippen molar-refractivity contribution in [3.8, 4) is 5.75 Å². The number of nitrogens with one attached hydrogen (secondary N) is 1. The van der Waals surface area contributed by atoms with Crippen molar-refractivity contribution >= 4 is 5.69 Å². The zero-order valence-corrected chi connectivity index (χ0v) is 11.2. The van der Waals surface area contributed by atoms with Gasteiger partial charge >= 0.3 is 0 Å². The standard InChI is InChI=1S/C13H20N2O4/c1-3-6-13(2,9-16)14-8-10-7-11(15(18)19)4-5-12(10)17/h4-5,7,14,16-17H,3,6,8-9H2,1-2H3. The summed E-state index contributed by atoms with van der Waals surface area (Å²) in [6.45, 7) is 4.13. The Labute approximate surface area is 112 Å². The van der Waals surface area contributed by atoms with Gasteiger partial charge in [0.25, 0.3) is 5.69 Å². The fraction of sp³-hybridized carbons (Fsp3) is 0.538. The predicted molar refractivity (Wildman–Crippen MR) is 72.0 cm³/mol. The lowest BCUT2D eigenvalue weighted by Gasteiger charge is -2.28. The summed E-state index contributed by atoms with van der Waals surface area (Å²) in [7, 11) is 0. The largest absolute Gasteiger partial charge is 0.508 e. The van der Waals surface area contributed by atoms with Gasteiger partial charge in [0.2, 0.25) is 0 Å². The summed E-state index contributed by atoms with van der Waals surface area (Å²) in [4.78, 5) is 10.2. The lowest BCUT2D eigenvalue weighted by molar-refractivity contribution is -0.384. The summed E-state index contributed by atoms with van der Waals surface area (Å²) >= 11 is 0. The van der Waals surface area contributed by atoms with Gasteiger partial charge in [0.05, 0.1) is 11.5 Å². The van der Waals surface area contributed by atoms with Gasteiger partial charge in [0, 0.05) is 29.8 Å². The highest BCUT2D eigenvalue weighted by atomic mass is 16.6. The number of rotatable bonds is 7. The lowest BCUT2D eigenvalue weighted by atomic mass is 9.97. The third-order valence-electron chi connectivity index (χ3n) is 3.13. The number of hydrogen-bond donors (Lipinski definition) is 3. The molecule has 0 heterocycles. The first-order valence-electron chi connectivity index (χ1n) is 6.24. The number of aliphatic hydroxyl groups excluding tert-OH is 1. The molecule has 6 nitrogen and oxygen atoms in total. The maximum atomic E-state index is 10.7. The zero-order chi connectivity index (χ0) is 14.5. The number of aromatic hydroxyl groups is 1. The molecule has 1 aromatic rings. The van der Waals surface area contributed by atoms with E-state index in [0.717, 1.165) is 12.8 Å². The molecule has 106 valence electrons. The van der Waals surface area contributed by atoms with E-state index in [1.807, 2.05) is 13.8 Å². The quantitative estimate of drug-likeness (QED) is 0.519. The van der Waals surface area contributed by atoms with Crippen molar-refractivity contribution in [2.75, 3.05) is 6.61 Å². The van der Waals surface area contributed by atoms with Crippen molar-refractivity contribution in [3.05, 3.63) is 33.9 Å². The second kappa shape index (κ2) is 6.49. The van der Waals surface area contributed by atoms with E-state index < -0.39 is 10.5 Å². The average molecular weight is 268 g/mol. The zero-order valence-electron chi connectivity index (χ0n) is 11.2. The van der Waals surface area contributed by atoms with Crippen LogP contribution >= 0.6 is 0 Å². The molecular weight excluding hydrogens is 248 g/mol. The molecule has 1 aromatic carbocycles. The van der Waals surface area contributed by atoms with Crippen molar-refractivity contribution in [1.82, 2.24) is 5.32 Å². The molecule has 0 saturated carbocycles. The Hall–Kier alpha value is -1.66. The number of hydrogen-bond acceptors (Lipinski definition) is 5. The summed E-state index contributed by atoms with van der Waals surface area (Å²) in [5.41, 5.74) is -0.0630. The highest BCUT2D eigenvalue weighted by molar-refractivity contribution is 5.42. The van der Waals surface area contributed by atoms with Crippen LogP contribution in [-0.2, 0) is 6.54 Å². The van der Waals surface area contributed by atoms with E-state index >= 15 is 0 Å². The highest BCUT2D eigenvalue weighted by Crippen LogP contribution is 2.23. The fourth-order valence-electron chi connectivity index (χ4n) is 1.91. The van der Waals surface area contributed by atoms with Crippen molar-refractivity contribution in [2.24, 2.45) is 0 Å². The highest BCUT2D eigenvalue weighted by Gasteiger charge is 2.22. The molecule has 6 heteroatoms. The number of phenols is 1. The van der Waals surface area contributed by atoms with Crippen LogP contribution < -0.4 is 5.32 Å². The predicted octanol–water partition coefficient (Wildman–Crippen LogP) is 1.94. The summed E-state index contributed by atoms with van der Waals surface area (Å²) < 4.78 is 0. The Morgan fingerprint density at radius 2 is 2.16 bits per heavy atom. The van der Waals surface area contributed by atoms with Gasteiger partial charge in [-0.05, 0) is 19.4 Å². The van der Waals surface area contributed by atoms with Crippen molar-refractivity contribution < 1.29 is 15.1 Å². The molecule has 3 N–H and O–H groups in total. The molecule has 1 rings (SSSR count). The molecule has 0 aliphatic rings. The molecule has 0 amide bonds. The molecule has 1 atom stereocenters. The molecule has 0 spiro atoms. The molecule has 0 fully saturated rings. The Kier molecular flexibility index (Phi) is 5.26. The van der Waals surface area contributed by atoms with E-state index in [1.54, 1.807) is 0 Å². The first-order valence-corrected chi connectivity index (χ1v) is 6.24. The maximum absolute atomic E-state index is 10.7. The van der Waals surface area contributed by atoms with Gasteiger partial charge in [0.15, 0.2) is 0 Å². The van der Waals surface area contributed by atoms with Crippen LogP contribution in [0.5, 0.6) is 5.75 Å². The van der Waals surface area contributed by atoms with Crippen LogP contribution in [0.15, 0.2) is 18.2 Å². The van der Waals surface area contributed by atoms with E-state index in [9.17, 15) is 20.3 Å². The number of nitro groups is 1. The van der Waals surface area contributed by atoms with Gasteiger partial charge in [-0.1, -0.05) is 13.3 Å². The topological polar surface area (TPSA) is 95.6 Å². The maximum Gasteiger partial charge on any atom is 0.270 e. The van der Waals surface area contributed by atoms with Gasteiger partial charge in [-0.15, -0.1) is 0 Å². The number of benzene rings is 1. The van der Waals surface area contributed by atoms with Gasteiger partial charge in [-0.3, -0.25) is 10.1 Å². The van der Waals surface area contributed by atoms with Crippen LogP contribution in [0.3, 0.4) is 0 Å². The molecule has 0 aliphatic carbocycles. The first-order chi connectivity index (χ1) is 8.91. The average Bonchev–Trinajstić information content (AvgIpc) is 2.38. The minimum absolute atomic E-state index is 0.00916. The van der Waals surface area contributed by atoms with Gasteiger partial charge in [-0.2, -0.15) is 0 Å². The summed E-state index contributed by atoms with van der Waals surface area (Å²) in [5, 5.41) is 32.9. The fourth-order valence-corrected chi connectivity index (χ4v) is 1.91. The van der Waals surface area contributed by atoms with Gasteiger partial charge in [-0.25, -0.2) is 0 Å². The Morgan fingerprint density at radius 3 is 2.68 bits per heavy atom. The molecule has 0 radical (unpaired) electrons. The first kappa shape index (κ1) is 15.4. The number of nitrogens with zero attached hydrogens (tertiary/aromatic N) is 1. The van der Waals surface area contributed by atoms with Crippen LogP contribution in [0.1, 0.15) is 32.3 Å². The van der Waals surface area contributed by atoms with Crippen molar-refractivity contribution in [2.45, 2.75) is 38.8 Å². The third-order valence-corrected chi connectivity index (χ3v) is 3.13. The molecule has 19 heavy (non-hydrogen) atoms.